The number of aliphatic hydroxyl groups excluding tert-OH is 1. The van der Waals surface area contributed by atoms with Crippen LogP contribution in [0.25, 0.3) is 21.5 Å². The number of benzene rings is 6. The minimum Gasteiger partial charge on any atom is -0.507 e. The number of fused-ring (bicyclic) bond motifs is 2. The van der Waals surface area contributed by atoms with Crippen molar-refractivity contribution in [2.75, 3.05) is 7.11 Å². The van der Waals surface area contributed by atoms with Crippen LogP contribution in [0.15, 0.2) is 133 Å². The second-order valence-electron chi connectivity index (χ2n) is 17.9. The SMILES string of the molecule is COc1ccc(CNC(=O)[C@@H](NC(=O)[C@H](NCc2cccc3ccccc23)[C@H](O)[C@H](Cc2ccccc2)NC(=O)[C@@H](NC(=O)Cc2cccc3ccccc23)C(C)(C)C)C(C)C)c(O)c1. The van der Waals surface area contributed by atoms with E-state index in [1.807, 2.05) is 136 Å². The highest BCUT2D eigenvalue weighted by molar-refractivity contribution is 5.94. The number of hydrogen-bond acceptors (Lipinski definition) is 8. The van der Waals surface area contributed by atoms with Gasteiger partial charge in [0, 0.05) is 24.7 Å². The third kappa shape index (κ3) is 12.5. The fraction of sp³-hybridized carbons (Fsp3) is 0.321. The highest BCUT2D eigenvalue weighted by atomic mass is 16.5. The number of methoxy groups -OCH3 is 1. The Labute approximate surface area is 381 Å². The summed E-state index contributed by atoms with van der Waals surface area (Å²) in [6, 6.07) is 36.9. The number of carbonyl (C=O) groups is 4. The Hall–Kier alpha value is -6.76. The first-order chi connectivity index (χ1) is 31.1. The zero-order valence-corrected chi connectivity index (χ0v) is 37.9. The molecule has 0 aliphatic heterocycles. The molecule has 6 aromatic carbocycles. The van der Waals surface area contributed by atoms with Gasteiger partial charge in [-0.1, -0.05) is 150 Å². The molecular weight excluding hydrogens is 819 g/mol. The van der Waals surface area contributed by atoms with Gasteiger partial charge in [-0.3, -0.25) is 24.5 Å². The summed E-state index contributed by atoms with van der Waals surface area (Å²) >= 11 is 0. The molecule has 0 aliphatic carbocycles. The Bertz CT molecular complexity index is 2580. The van der Waals surface area contributed by atoms with Crippen molar-refractivity contribution in [2.45, 2.75) is 90.8 Å². The van der Waals surface area contributed by atoms with E-state index in [1.165, 1.54) is 13.2 Å². The van der Waals surface area contributed by atoms with Crippen LogP contribution in [0.4, 0.5) is 0 Å². The zero-order chi connectivity index (χ0) is 46.7. The van der Waals surface area contributed by atoms with Crippen molar-refractivity contribution in [1.82, 2.24) is 26.6 Å². The van der Waals surface area contributed by atoms with E-state index < -0.39 is 53.4 Å². The summed E-state index contributed by atoms with van der Waals surface area (Å²) in [5.74, 6) is -2.01. The highest BCUT2D eigenvalue weighted by Gasteiger charge is 2.39. The molecule has 6 rings (SSSR count). The molecule has 0 aromatic heterocycles. The van der Waals surface area contributed by atoms with Gasteiger partial charge in [0.2, 0.25) is 23.6 Å². The summed E-state index contributed by atoms with van der Waals surface area (Å²) in [6.07, 6.45) is -1.37. The molecule has 0 unspecified atom stereocenters. The van der Waals surface area contributed by atoms with E-state index in [4.69, 9.17) is 4.74 Å². The molecule has 0 fully saturated rings. The van der Waals surface area contributed by atoms with Crippen LogP contribution in [-0.4, -0.2) is 71.2 Å². The molecule has 0 bridgehead atoms. The van der Waals surface area contributed by atoms with Crippen LogP contribution in [0.3, 0.4) is 0 Å². The number of nitrogens with one attached hydrogen (secondary N) is 5. The first kappa shape index (κ1) is 47.7. The second kappa shape index (κ2) is 21.7. The van der Waals surface area contributed by atoms with E-state index >= 15 is 0 Å². The van der Waals surface area contributed by atoms with E-state index in [0.29, 0.717) is 11.3 Å². The first-order valence-electron chi connectivity index (χ1n) is 22.0. The lowest BCUT2D eigenvalue weighted by atomic mass is 9.85. The topological polar surface area (TPSA) is 178 Å². The zero-order valence-electron chi connectivity index (χ0n) is 37.9. The van der Waals surface area contributed by atoms with Gasteiger partial charge in [-0.15, -0.1) is 0 Å². The summed E-state index contributed by atoms with van der Waals surface area (Å²) < 4.78 is 5.18. The fourth-order valence-corrected chi connectivity index (χ4v) is 8.06. The Balaban J connectivity index is 1.28. The monoisotopic (exact) mass is 879 g/mol. The summed E-state index contributed by atoms with van der Waals surface area (Å²) in [5.41, 5.74) is 2.18. The molecule has 0 saturated heterocycles. The van der Waals surface area contributed by atoms with Crippen molar-refractivity contribution in [2.24, 2.45) is 11.3 Å². The Kier molecular flexibility index (Phi) is 16.0. The minimum atomic E-state index is -1.55. The molecular formula is C53H61N5O7. The number of phenolic OH excluding ortho intramolecular Hbond substituents is 1. The van der Waals surface area contributed by atoms with Gasteiger partial charge in [-0.05, 0) is 68.1 Å². The van der Waals surface area contributed by atoms with Gasteiger partial charge in [-0.25, -0.2) is 0 Å². The lowest BCUT2D eigenvalue weighted by Crippen LogP contribution is -2.64. The molecule has 340 valence electrons. The lowest BCUT2D eigenvalue weighted by molar-refractivity contribution is -0.135. The van der Waals surface area contributed by atoms with Gasteiger partial charge in [0.25, 0.3) is 0 Å². The quantitative estimate of drug-likeness (QED) is 0.0483. The average molecular weight is 880 g/mol. The van der Waals surface area contributed by atoms with E-state index in [-0.39, 0.29) is 43.5 Å². The van der Waals surface area contributed by atoms with Crippen LogP contribution in [-0.2, 0) is 45.1 Å². The molecule has 65 heavy (non-hydrogen) atoms. The van der Waals surface area contributed by atoms with E-state index in [2.05, 4.69) is 26.6 Å². The number of amides is 4. The van der Waals surface area contributed by atoms with Crippen molar-refractivity contribution in [1.29, 1.82) is 0 Å². The van der Waals surface area contributed by atoms with E-state index in [1.54, 1.807) is 26.0 Å². The number of hydrogen-bond donors (Lipinski definition) is 7. The predicted molar refractivity (Wildman–Crippen MR) is 255 cm³/mol. The smallest absolute Gasteiger partial charge is 0.243 e. The summed E-state index contributed by atoms with van der Waals surface area (Å²) in [7, 11) is 1.49. The van der Waals surface area contributed by atoms with Gasteiger partial charge in [0.05, 0.1) is 25.7 Å². The second-order valence-corrected chi connectivity index (χ2v) is 17.9. The summed E-state index contributed by atoms with van der Waals surface area (Å²) in [4.78, 5) is 56.8. The maximum absolute atomic E-state index is 14.7. The van der Waals surface area contributed by atoms with Gasteiger partial charge < -0.3 is 36.2 Å². The standard InChI is InChI=1S/C53H61N5O7/c1-33(2)46(50(62)55-32-39-26-27-40(65-6)30-44(39)59)58-51(63)47(54-31-38-23-15-21-36-19-11-13-25-42(36)38)48(61)43(28-34-16-8-7-9-17-34)56-52(64)49(53(3,4)5)57-45(60)29-37-22-14-20-35-18-10-12-24-41(35)37/h7-27,30,33,43,46-49,54,59,61H,28-29,31-32H2,1-6H3,(H,55,62)(H,56,64)(H,57,60)(H,58,63)/t43-,46-,47+,48+,49+/m0/s1. The minimum absolute atomic E-state index is 0.0161. The Morgan fingerprint density at radius 2 is 1.23 bits per heavy atom. The largest absolute Gasteiger partial charge is 0.507 e. The van der Waals surface area contributed by atoms with Gasteiger partial charge in [0.1, 0.15) is 29.6 Å². The van der Waals surface area contributed by atoms with Crippen molar-refractivity contribution in [3.8, 4) is 11.5 Å². The molecule has 0 radical (unpaired) electrons. The average Bonchev–Trinajstić information content (AvgIpc) is 3.29. The highest BCUT2D eigenvalue weighted by Crippen LogP contribution is 2.25. The first-order valence-corrected chi connectivity index (χ1v) is 22.0. The number of rotatable bonds is 19. The molecule has 0 aliphatic rings. The lowest BCUT2D eigenvalue weighted by Gasteiger charge is -2.35. The van der Waals surface area contributed by atoms with Crippen LogP contribution in [0, 0.1) is 11.3 Å². The van der Waals surface area contributed by atoms with Crippen LogP contribution in [0.2, 0.25) is 0 Å². The molecule has 0 heterocycles. The molecule has 12 nitrogen and oxygen atoms in total. The molecule has 5 atom stereocenters. The van der Waals surface area contributed by atoms with Crippen LogP contribution >= 0.6 is 0 Å². The molecule has 0 saturated carbocycles. The third-order valence-corrected chi connectivity index (χ3v) is 11.7. The van der Waals surface area contributed by atoms with Crippen LogP contribution in [0.1, 0.15) is 56.9 Å². The molecule has 6 aromatic rings. The van der Waals surface area contributed by atoms with Crippen LogP contribution < -0.4 is 31.3 Å². The van der Waals surface area contributed by atoms with E-state index in [9.17, 15) is 29.4 Å². The van der Waals surface area contributed by atoms with Gasteiger partial charge in [-0.2, -0.15) is 0 Å². The normalized spacial score (nSPS) is 13.9. The molecule has 0 spiro atoms. The summed E-state index contributed by atoms with van der Waals surface area (Å²) in [5, 5.41) is 42.0. The summed E-state index contributed by atoms with van der Waals surface area (Å²) in [6.45, 7) is 9.30. The number of aliphatic hydroxyl groups is 1. The van der Waals surface area contributed by atoms with Crippen molar-refractivity contribution in [3.63, 3.8) is 0 Å². The van der Waals surface area contributed by atoms with E-state index in [0.717, 1.165) is 38.2 Å². The maximum Gasteiger partial charge on any atom is 0.243 e. The van der Waals surface area contributed by atoms with Crippen molar-refractivity contribution in [3.05, 3.63) is 156 Å². The molecule has 4 amide bonds. The maximum atomic E-state index is 14.7. The fourth-order valence-electron chi connectivity index (χ4n) is 8.06. The van der Waals surface area contributed by atoms with Gasteiger partial charge in [0.15, 0.2) is 0 Å². The number of ether oxygens (including phenoxy) is 1. The Morgan fingerprint density at radius 3 is 1.85 bits per heavy atom. The van der Waals surface area contributed by atoms with Crippen molar-refractivity contribution < 1.29 is 34.1 Å². The van der Waals surface area contributed by atoms with Gasteiger partial charge >= 0.3 is 0 Å². The molecule has 7 N–H and O–H groups in total. The van der Waals surface area contributed by atoms with Crippen LogP contribution in [0.5, 0.6) is 11.5 Å². The number of aromatic hydroxyl groups is 1. The number of phenols is 1. The molecule has 12 heteroatoms. The Morgan fingerprint density at radius 1 is 0.631 bits per heavy atom. The van der Waals surface area contributed by atoms with Crippen molar-refractivity contribution >= 4 is 45.2 Å². The predicted octanol–water partition coefficient (Wildman–Crippen LogP) is 6.48. The number of carbonyl (C=O) groups excluding carboxylic acids is 4. The third-order valence-electron chi connectivity index (χ3n) is 11.7.